The van der Waals surface area contributed by atoms with E-state index >= 15 is 0 Å². The molecule has 5 rings (SSSR count). The lowest BCUT2D eigenvalue weighted by Crippen LogP contribution is -2.40. The Morgan fingerprint density at radius 3 is 2.63 bits per heavy atom. The lowest BCUT2D eigenvalue weighted by atomic mass is 9.89. The van der Waals surface area contributed by atoms with Crippen LogP contribution in [0.25, 0.3) is 10.9 Å². The molecule has 178 valence electrons. The first-order chi connectivity index (χ1) is 16.8. The van der Waals surface area contributed by atoms with Crippen molar-refractivity contribution in [2.24, 2.45) is 0 Å². The van der Waals surface area contributed by atoms with Gasteiger partial charge in [-0.3, -0.25) is 14.8 Å². The van der Waals surface area contributed by atoms with Crippen LogP contribution in [0.2, 0.25) is 0 Å². The van der Waals surface area contributed by atoms with Gasteiger partial charge >= 0.3 is 0 Å². The molecule has 0 saturated heterocycles. The normalized spacial score (nSPS) is 19.3. The molecule has 1 amide bonds. The van der Waals surface area contributed by atoms with E-state index < -0.39 is 21.3 Å². The zero-order chi connectivity index (χ0) is 24.8. The van der Waals surface area contributed by atoms with Crippen LogP contribution in [0.1, 0.15) is 34.9 Å². The standard InChI is InChI=1S/C27H25N3O4S/c1-17-10-13-24(34-3)20(15-17)27(16-21(27)23-7-4-5-14-28-23)26(31)30-35(32,33)25-9-6-8-22-19(25)12-11-18(2)29-22/h4-15,21H,16H2,1-3H3,(H,30,31)/t21-,27-/m0/s1. The van der Waals surface area contributed by atoms with Crippen molar-refractivity contribution in [2.75, 3.05) is 7.11 Å². The monoisotopic (exact) mass is 487 g/mol. The van der Waals surface area contributed by atoms with Crippen LogP contribution in [0, 0.1) is 13.8 Å². The minimum absolute atomic E-state index is 0.0113. The topological polar surface area (TPSA) is 98.2 Å². The van der Waals surface area contributed by atoms with Gasteiger partial charge in [-0.1, -0.05) is 29.8 Å². The minimum Gasteiger partial charge on any atom is -0.496 e. The van der Waals surface area contributed by atoms with Gasteiger partial charge < -0.3 is 4.74 Å². The van der Waals surface area contributed by atoms with Gasteiger partial charge in [0.1, 0.15) is 5.75 Å². The van der Waals surface area contributed by atoms with Crippen molar-refractivity contribution >= 4 is 26.8 Å². The molecule has 0 aliphatic heterocycles. The predicted octanol–water partition coefficient (Wildman–Crippen LogP) is 4.19. The molecule has 4 aromatic rings. The van der Waals surface area contributed by atoms with Crippen LogP contribution in [0.4, 0.5) is 0 Å². The molecule has 0 spiro atoms. The van der Waals surface area contributed by atoms with Gasteiger partial charge in [0.05, 0.1) is 22.9 Å². The van der Waals surface area contributed by atoms with Crippen LogP contribution >= 0.6 is 0 Å². The van der Waals surface area contributed by atoms with Crippen LogP contribution in [0.3, 0.4) is 0 Å². The van der Waals surface area contributed by atoms with Crippen molar-refractivity contribution < 1.29 is 17.9 Å². The van der Waals surface area contributed by atoms with Gasteiger partial charge in [0.15, 0.2) is 0 Å². The Morgan fingerprint density at radius 1 is 1.06 bits per heavy atom. The fourth-order valence-corrected chi connectivity index (χ4v) is 6.03. The van der Waals surface area contributed by atoms with Gasteiger partial charge in [-0.05, 0) is 62.7 Å². The fourth-order valence-electron chi connectivity index (χ4n) is 4.77. The maximum Gasteiger partial charge on any atom is 0.264 e. The molecule has 2 heterocycles. The molecule has 0 radical (unpaired) electrons. The predicted molar refractivity (Wildman–Crippen MR) is 133 cm³/mol. The molecular formula is C27H25N3O4S. The van der Waals surface area contributed by atoms with E-state index in [9.17, 15) is 13.2 Å². The van der Waals surface area contributed by atoms with E-state index in [4.69, 9.17) is 4.74 Å². The Bertz CT molecular complexity index is 1550. The van der Waals surface area contributed by atoms with E-state index in [1.165, 1.54) is 6.07 Å². The molecule has 1 saturated carbocycles. The van der Waals surface area contributed by atoms with Crippen LogP contribution in [-0.4, -0.2) is 31.4 Å². The molecule has 1 aliphatic carbocycles. The number of pyridine rings is 2. The third kappa shape index (κ3) is 3.93. The lowest BCUT2D eigenvalue weighted by molar-refractivity contribution is -0.122. The van der Waals surface area contributed by atoms with E-state index in [1.54, 1.807) is 43.6 Å². The molecule has 8 heteroatoms. The molecule has 1 fully saturated rings. The highest BCUT2D eigenvalue weighted by Gasteiger charge is 2.64. The number of ether oxygens (including phenoxy) is 1. The first-order valence-corrected chi connectivity index (χ1v) is 12.7. The molecule has 2 aromatic heterocycles. The summed E-state index contributed by atoms with van der Waals surface area (Å²) in [6.45, 7) is 3.76. The Labute approximate surface area is 204 Å². The Morgan fingerprint density at radius 2 is 1.89 bits per heavy atom. The summed E-state index contributed by atoms with van der Waals surface area (Å²) in [6.07, 6.45) is 2.09. The number of hydrogen-bond donors (Lipinski definition) is 1. The Hall–Kier alpha value is -3.78. The highest BCUT2D eigenvalue weighted by molar-refractivity contribution is 7.90. The van der Waals surface area contributed by atoms with E-state index in [1.807, 2.05) is 44.2 Å². The second-order valence-electron chi connectivity index (χ2n) is 8.90. The number of benzene rings is 2. The number of aryl methyl sites for hydroxylation is 2. The summed E-state index contributed by atoms with van der Waals surface area (Å²) in [4.78, 5) is 22.8. The molecule has 1 N–H and O–H groups in total. The van der Waals surface area contributed by atoms with E-state index in [0.29, 0.717) is 28.6 Å². The van der Waals surface area contributed by atoms with Gasteiger partial charge in [0.2, 0.25) is 5.91 Å². The van der Waals surface area contributed by atoms with Gasteiger partial charge in [0.25, 0.3) is 10.0 Å². The van der Waals surface area contributed by atoms with E-state index in [0.717, 1.165) is 17.0 Å². The van der Waals surface area contributed by atoms with E-state index in [-0.39, 0.29) is 10.8 Å². The smallest absolute Gasteiger partial charge is 0.264 e. The van der Waals surface area contributed by atoms with Crippen molar-refractivity contribution in [3.8, 4) is 5.75 Å². The number of aromatic nitrogens is 2. The first kappa shape index (κ1) is 23.0. The van der Waals surface area contributed by atoms with Crippen LogP contribution in [0.15, 0.2) is 77.8 Å². The number of nitrogens with one attached hydrogen (secondary N) is 1. The Balaban J connectivity index is 1.59. The maximum absolute atomic E-state index is 13.9. The molecule has 7 nitrogen and oxygen atoms in total. The number of sulfonamides is 1. The van der Waals surface area contributed by atoms with E-state index in [2.05, 4.69) is 14.7 Å². The molecular weight excluding hydrogens is 462 g/mol. The summed E-state index contributed by atoms with van der Waals surface area (Å²) in [5, 5.41) is 0.456. The SMILES string of the molecule is COc1ccc(C)cc1[C@@]1(C(=O)NS(=O)(=O)c2cccc3nc(C)ccc23)C[C@H]1c1ccccn1. The number of fused-ring (bicyclic) bond motifs is 1. The van der Waals surface area contributed by atoms with Gasteiger partial charge in [-0.25, -0.2) is 13.1 Å². The molecule has 2 aromatic carbocycles. The summed E-state index contributed by atoms with van der Waals surface area (Å²) in [5.74, 6) is -0.355. The largest absolute Gasteiger partial charge is 0.496 e. The number of carbonyl (C=O) groups is 1. The summed E-state index contributed by atoms with van der Waals surface area (Å²) in [6, 6.07) is 19.4. The average Bonchev–Trinajstić information content (AvgIpc) is 3.61. The second-order valence-corrected chi connectivity index (χ2v) is 10.5. The third-order valence-electron chi connectivity index (χ3n) is 6.59. The molecule has 1 aliphatic rings. The number of methoxy groups -OCH3 is 1. The molecule has 2 atom stereocenters. The fraction of sp³-hybridized carbons (Fsp3) is 0.222. The quantitative estimate of drug-likeness (QED) is 0.438. The zero-order valence-electron chi connectivity index (χ0n) is 19.6. The van der Waals surface area contributed by atoms with Crippen LogP contribution in [-0.2, 0) is 20.2 Å². The summed E-state index contributed by atoms with van der Waals surface area (Å²) >= 11 is 0. The number of rotatable bonds is 6. The lowest BCUT2D eigenvalue weighted by Gasteiger charge is -2.21. The molecule has 0 unspecified atom stereocenters. The summed E-state index contributed by atoms with van der Waals surface area (Å²) in [5.41, 5.74) is 2.52. The van der Waals surface area contributed by atoms with Crippen LogP contribution in [0.5, 0.6) is 5.75 Å². The van der Waals surface area contributed by atoms with Crippen molar-refractivity contribution in [1.82, 2.24) is 14.7 Å². The maximum atomic E-state index is 13.9. The second kappa shape index (κ2) is 8.46. The van der Waals surface area contributed by atoms with Crippen molar-refractivity contribution in [3.63, 3.8) is 0 Å². The highest BCUT2D eigenvalue weighted by Crippen LogP contribution is 2.62. The Kier molecular flexibility index (Phi) is 5.56. The molecule has 0 bridgehead atoms. The zero-order valence-corrected chi connectivity index (χ0v) is 20.5. The number of carbonyl (C=O) groups excluding carboxylic acids is 1. The first-order valence-electron chi connectivity index (χ1n) is 11.3. The summed E-state index contributed by atoms with van der Waals surface area (Å²) in [7, 11) is -2.64. The highest BCUT2D eigenvalue weighted by atomic mass is 32.2. The number of hydrogen-bond acceptors (Lipinski definition) is 6. The van der Waals surface area contributed by atoms with Crippen LogP contribution < -0.4 is 9.46 Å². The van der Waals surface area contributed by atoms with Gasteiger partial charge in [0, 0.05) is 34.5 Å². The number of amides is 1. The average molecular weight is 488 g/mol. The van der Waals surface area contributed by atoms with Crippen molar-refractivity contribution in [1.29, 1.82) is 0 Å². The van der Waals surface area contributed by atoms with Gasteiger partial charge in [-0.15, -0.1) is 0 Å². The third-order valence-corrected chi connectivity index (χ3v) is 7.98. The van der Waals surface area contributed by atoms with Crippen molar-refractivity contribution in [3.05, 3.63) is 95.4 Å². The van der Waals surface area contributed by atoms with Crippen molar-refractivity contribution in [2.45, 2.75) is 36.5 Å². The molecule has 35 heavy (non-hydrogen) atoms. The summed E-state index contributed by atoms with van der Waals surface area (Å²) < 4.78 is 35.0. The minimum atomic E-state index is -4.19. The number of nitrogens with zero attached hydrogens (tertiary/aromatic N) is 2. The van der Waals surface area contributed by atoms with Gasteiger partial charge in [-0.2, -0.15) is 0 Å².